The molecule has 2 fully saturated rings. The largest absolute Gasteiger partial charge is 0.356 e. The highest BCUT2D eigenvalue weighted by Gasteiger charge is 2.40. The van der Waals surface area contributed by atoms with Gasteiger partial charge in [-0.3, -0.25) is 4.79 Å². The first-order chi connectivity index (χ1) is 16.9. The molecule has 1 amide bonds. The molecule has 5 heteroatoms. The van der Waals surface area contributed by atoms with E-state index in [0.29, 0.717) is 24.2 Å². The minimum atomic E-state index is -1.44. The first-order valence-corrected chi connectivity index (χ1v) is 17.7. The Labute approximate surface area is 221 Å². The van der Waals surface area contributed by atoms with Crippen LogP contribution < -0.4 is 5.32 Å². The van der Waals surface area contributed by atoms with Gasteiger partial charge in [-0.1, -0.05) is 82.0 Å². The minimum absolute atomic E-state index is 0.0834. The number of nitrogens with one attached hydrogen (secondary N) is 1. The number of ether oxygens (including phenoxy) is 2. The first-order valence-electron chi connectivity index (χ1n) is 14.2. The van der Waals surface area contributed by atoms with Crippen molar-refractivity contribution in [2.45, 2.75) is 98.1 Å². The predicted octanol–water partition coefficient (Wildman–Crippen LogP) is 7.16. The van der Waals surface area contributed by atoms with E-state index in [9.17, 15) is 4.79 Å². The number of allylic oxidation sites excluding steroid dienone is 1. The summed E-state index contributed by atoms with van der Waals surface area (Å²) in [5.41, 5.74) is 5.57. The van der Waals surface area contributed by atoms with Crippen LogP contribution in [0.3, 0.4) is 0 Å². The smallest absolute Gasteiger partial charge is 0.220 e. The fraction of sp³-hybridized carbons (Fsp3) is 0.710. The second-order valence-electron chi connectivity index (χ2n) is 13.4. The Kier molecular flexibility index (Phi) is 10.0. The van der Waals surface area contributed by atoms with Gasteiger partial charge in [0.25, 0.3) is 0 Å². The predicted molar refractivity (Wildman–Crippen MR) is 153 cm³/mol. The Morgan fingerprint density at radius 3 is 2.39 bits per heavy atom. The molecule has 0 aromatic heterocycles. The molecule has 1 aliphatic carbocycles. The van der Waals surface area contributed by atoms with Gasteiger partial charge >= 0.3 is 0 Å². The van der Waals surface area contributed by atoms with Gasteiger partial charge in [-0.2, -0.15) is 0 Å². The molecule has 1 aliphatic heterocycles. The number of carbonyl (C=O) groups excluding carboxylic acids is 1. The van der Waals surface area contributed by atoms with Gasteiger partial charge in [0.1, 0.15) is 0 Å². The topological polar surface area (TPSA) is 47.6 Å². The standard InChI is InChI=1S/C31H51NO3Si/c1-24-15-16-26(20-29(33)32-19-11-14-25-12-9-8-10-13-25)28(21-36(5,6)7)27(24)17-18-31(4)34-22-30(2,3)23-35-31/h8-10,12-13,21,24,26-27H,11,14-20,22-23H2,1-7H3,(H,32,33)/b28-21-/t24-,26+,27+/m1/s1. The molecule has 0 radical (unpaired) electrons. The maximum atomic E-state index is 13.0. The lowest BCUT2D eigenvalue weighted by Crippen LogP contribution is -2.46. The van der Waals surface area contributed by atoms with Crippen molar-refractivity contribution in [3.05, 3.63) is 47.2 Å². The summed E-state index contributed by atoms with van der Waals surface area (Å²) in [6, 6.07) is 10.5. The highest BCUT2D eigenvalue weighted by Crippen LogP contribution is 2.44. The summed E-state index contributed by atoms with van der Waals surface area (Å²) >= 11 is 0. The van der Waals surface area contributed by atoms with Gasteiger partial charge in [0.15, 0.2) is 5.79 Å². The summed E-state index contributed by atoms with van der Waals surface area (Å²) < 4.78 is 12.4. The molecular formula is C31H51NO3Si. The normalized spacial score (nSPS) is 27.1. The van der Waals surface area contributed by atoms with Crippen molar-refractivity contribution in [2.75, 3.05) is 19.8 Å². The second kappa shape index (κ2) is 12.4. The lowest BCUT2D eigenvalue weighted by molar-refractivity contribution is -0.293. The lowest BCUT2D eigenvalue weighted by Gasteiger charge is -2.44. The Balaban J connectivity index is 1.60. The van der Waals surface area contributed by atoms with E-state index in [1.54, 1.807) is 5.57 Å². The Hall–Kier alpha value is -1.43. The molecule has 1 N–H and O–H groups in total. The number of aryl methyl sites for hydroxylation is 1. The zero-order valence-corrected chi connectivity index (χ0v) is 25.0. The van der Waals surface area contributed by atoms with Crippen molar-refractivity contribution in [1.29, 1.82) is 0 Å². The lowest BCUT2D eigenvalue weighted by atomic mass is 9.68. The van der Waals surface area contributed by atoms with Crippen molar-refractivity contribution in [3.63, 3.8) is 0 Å². The van der Waals surface area contributed by atoms with Crippen LogP contribution in [-0.2, 0) is 20.7 Å². The van der Waals surface area contributed by atoms with E-state index in [-0.39, 0.29) is 11.3 Å². The molecule has 2 aliphatic rings. The van der Waals surface area contributed by atoms with Gasteiger partial charge in [0.05, 0.1) is 21.3 Å². The van der Waals surface area contributed by atoms with Crippen molar-refractivity contribution < 1.29 is 14.3 Å². The van der Waals surface area contributed by atoms with Crippen LogP contribution >= 0.6 is 0 Å². The highest BCUT2D eigenvalue weighted by molar-refractivity contribution is 6.81. The Bertz CT molecular complexity index is 864. The number of hydrogen-bond acceptors (Lipinski definition) is 3. The van der Waals surface area contributed by atoms with Crippen molar-refractivity contribution in [1.82, 2.24) is 5.32 Å². The SMILES string of the molecule is C[C@@H]1CC[C@@H](CC(=O)NCCCc2ccccc2)/C(=C/[Si](C)(C)C)[C@H]1CCC1(C)OCC(C)(C)CO1. The van der Waals surface area contributed by atoms with Crippen LogP contribution in [0.4, 0.5) is 0 Å². The average Bonchev–Trinajstić information content (AvgIpc) is 2.80. The van der Waals surface area contributed by atoms with Crippen LogP contribution in [0.2, 0.25) is 19.6 Å². The highest BCUT2D eigenvalue weighted by atomic mass is 28.3. The third-order valence-electron chi connectivity index (χ3n) is 7.84. The molecule has 0 bridgehead atoms. The number of amides is 1. The third kappa shape index (κ3) is 9.15. The Morgan fingerprint density at radius 2 is 1.75 bits per heavy atom. The maximum Gasteiger partial charge on any atom is 0.220 e. The van der Waals surface area contributed by atoms with Gasteiger partial charge in [-0.25, -0.2) is 0 Å². The maximum absolute atomic E-state index is 13.0. The van der Waals surface area contributed by atoms with E-state index < -0.39 is 13.9 Å². The van der Waals surface area contributed by atoms with E-state index in [0.717, 1.165) is 51.9 Å². The van der Waals surface area contributed by atoms with E-state index in [4.69, 9.17) is 9.47 Å². The van der Waals surface area contributed by atoms with Crippen molar-refractivity contribution in [2.24, 2.45) is 23.2 Å². The van der Waals surface area contributed by atoms with E-state index >= 15 is 0 Å². The monoisotopic (exact) mass is 513 g/mol. The molecule has 1 saturated carbocycles. The fourth-order valence-corrected chi connectivity index (χ4v) is 7.11. The number of rotatable bonds is 10. The zero-order valence-electron chi connectivity index (χ0n) is 24.0. The van der Waals surface area contributed by atoms with E-state index in [2.05, 4.69) is 82.6 Å². The van der Waals surface area contributed by atoms with Gasteiger partial charge < -0.3 is 14.8 Å². The molecule has 4 nitrogen and oxygen atoms in total. The van der Waals surface area contributed by atoms with Crippen molar-refractivity contribution >= 4 is 14.0 Å². The number of hydrogen-bond donors (Lipinski definition) is 1. The summed E-state index contributed by atoms with van der Waals surface area (Å²) in [4.78, 5) is 13.0. The van der Waals surface area contributed by atoms with Crippen LogP contribution in [0.5, 0.6) is 0 Å². The molecule has 36 heavy (non-hydrogen) atoms. The molecule has 0 spiro atoms. The second-order valence-corrected chi connectivity index (χ2v) is 18.4. The summed E-state index contributed by atoms with van der Waals surface area (Å²) in [5.74, 6) is 1.19. The molecule has 1 saturated heterocycles. The van der Waals surface area contributed by atoms with E-state index in [1.165, 1.54) is 12.0 Å². The first kappa shape index (κ1) is 29.1. The fourth-order valence-electron chi connectivity index (χ4n) is 5.66. The molecule has 202 valence electrons. The number of benzene rings is 1. The van der Waals surface area contributed by atoms with Gasteiger partial charge in [0.2, 0.25) is 5.91 Å². The molecule has 1 aromatic rings. The summed E-state index contributed by atoms with van der Waals surface area (Å²) in [6.07, 6.45) is 6.86. The molecule has 3 rings (SSSR count). The summed E-state index contributed by atoms with van der Waals surface area (Å²) in [6.45, 7) is 18.4. The van der Waals surface area contributed by atoms with Crippen LogP contribution in [0.1, 0.15) is 71.8 Å². The van der Waals surface area contributed by atoms with E-state index in [1.807, 2.05) is 6.07 Å². The van der Waals surface area contributed by atoms with Crippen LogP contribution in [0, 0.1) is 23.2 Å². The van der Waals surface area contributed by atoms with Crippen LogP contribution in [0.15, 0.2) is 41.6 Å². The average molecular weight is 514 g/mol. The molecular weight excluding hydrogens is 462 g/mol. The third-order valence-corrected chi connectivity index (χ3v) is 9.04. The van der Waals surface area contributed by atoms with Crippen molar-refractivity contribution in [3.8, 4) is 0 Å². The van der Waals surface area contributed by atoms with Gasteiger partial charge in [0, 0.05) is 24.8 Å². The van der Waals surface area contributed by atoms with Crippen LogP contribution in [0.25, 0.3) is 0 Å². The summed E-state index contributed by atoms with van der Waals surface area (Å²) in [5, 5.41) is 3.21. The molecule has 3 atom stereocenters. The summed E-state index contributed by atoms with van der Waals surface area (Å²) in [7, 11) is -1.44. The Morgan fingerprint density at radius 1 is 1.08 bits per heavy atom. The van der Waals surface area contributed by atoms with Gasteiger partial charge in [-0.05, 0) is 62.3 Å². The van der Waals surface area contributed by atoms with Crippen LogP contribution in [-0.4, -0.2) is 39.5 Å². The zero-order chi connectivity index (χ0) is 26.4. The quantitative estimate of drug-likeness (QED) is 0.267. The molecule has 0 unspecified atom stereocenters. The van der Waals surface area contributed by atoms with Gasteiger partial charge in [-0.15, -0.1) is 0 Å². The molecule has 1 aromatic carbocycles. The molecule has 1 heterocycles. The minimum Gasteiger partial charge on any atom is -0.356 e. The number of carbonyl (C=O) groups is 1.